The van der Waals surface area contributed by atoms with Gasteiger partial charge in [0.1, 0.15) is 5.82 Å². The molecule has 0 radical (unpaired) electrons. The normalized spacial score (nSPS) is 15.1. The highest BCUT2D eigenvalue weighted by Gasteiger charge is 2.23. The van der Waals surface area contributed by atoms with Crippen molar-refractivity contribution in [3.05, 3.63) is 64.2 Å². The maximum Gasteiger partial charge on any atom is 0.194 e. The van der Waals surface area contributed by atoms with E-state index in [9.17, 15) is 9.18 Å². The van der Waals surface area contributed by atoms with Crippen LogP contribution in [0.3, 0.4) is 0 Å². The molecule has 4 rings (SSSR count). The number of thiazole rings is 1. The van der Waals surface area contributed by atoms with Gasteiger partial charge in [0.05, 0.1) is 12.2 Å². The van der Waals surface area contributed by atoms with E-state index >= 15 is 0 Å². The predicted octanol–water partition coefficient (Wildman–Crippen LogP) is 4.00. The van der Waals surface area contributed by atoms with Gasteiger partial charge in [-0.25, -0.2) is 9.37 Å². The number of piperazine rings is 1. The number of carbonyl (C=O) groups excluding carboxylic acids is 1. The zero-order chi connectivity index (χ0) is 20.5. The summed E-state index contributed by atoms with van der Waals surface area (Å²) >= 11 is 1.59. The first-order valence-corrected chi connectivity index (χ1v) is 10.7. The summed E-state index contributed by atoms with van der Waals surface area (Å²) < 4.78 is 15.2. The molecule has 0 unspecified atom stereocenters. The summed E-state index contributed by atoms with van der Waals surface area (Å²) in [6.45, 7) is 9.68. The molecule has 1 aliphatic heterocycles. The highest BCUT2D eigenvalue weighted by atomic mass is 32.1. The van der Waals surface area contributed by atoms with Gasteiger partial charge < -0.3 is 4.90 Å². The summed E-state index contributed by atoms with van der Waals surface area (Å²) in [5.41, 5.74) is 4.77. The van der Waals surface area contributed by atoms with E-state index in [2.05, 4.69) is 19.4 Å². The van der Waals surface area contributed by atoms with E-state index in [0.29, 0.717) is 6.54 Å². The first kappa shape index (κ1) is 19.8. The van der Waals surface area contributed by atoms with Crippen molar-refractivity contribution >= 4 is 22.8 Å². The van der Waals surface area contributed by atoms with Crippen LogP contribution >= 0.6 is 11.3 Å². The van der Waals surface area contributed by atoms with Gasteiger partial charge >= 0.3 is 0 Å². The zero-order valence-electron chi connectivity index (χ0n) is 17.0. The molecule has 1 saturated heterocycles. The number of rotatable bonds is 5. The van der Waals surface area contributed by atoms with Gasteiger partial charge in [-0.1, -0.05) is 0 Å². The van der Waals surface area contributed by atoms with Gasteiger partial charge in [0, 0.05) is 54.2 Å². The highest BCUT2D eigenvalue weighted by Crippen LogP contribution is 2.24. The Morgan fingerprint density at radius 1 is 1.10 bits per heavy atom. The van der Waals surface area contributed by atoms with Crippen molar-refractivity contribution < 1.29 is 9.18 Å². The Balaban J connectivity index is 1.41. The second kappa shape index (κ2) is 8.08. The van der Waals surface area contributed by atoms with Crippen molar-refractivity contribution in [1.29, 1.82) is 0 Å². The van der Waals surface area contributed by atoms with Crippen LogP contribution in [0.15, 0.2) is 35.7 Å². The van der Waals surface area contributed by atoms with Crippen LogP contribution < -0.4 is 4.90 Å². The molecule has 1 fully saturated rings. The third-order valence-corrected chi connectivity index (χ3v) is 6.40. The number of aryl methyl sites for hydroxylation is 2. The summed E-state index contributed by atoms with van der Waals surface area (Å²) in [5, 5.41) is 2.93. The SMILES string of the molecule is Cc1csc(-n2c(C)cc(C(=O)CN3CCN(c4ccc(F)cc4)CC3)c2C)n1. The molecule has 0 bridgehead atoms. The largest absolute Gasteiger partial charge is 0.369 e. The predicted molar refractivity (Wildman–Crippen MR) is 115 cm³/mol. The highest BCUT2D eigenvalue weighted by molar-refractivity contribution is 7.12. The molecule has 5 nitrogen and oxygen atoms in total. The minimum absolute atomic E-state index is 0.146. The van der Waals surface area contributed by atoms with Gasteiger partial charge in [-0.05, 0) is 51.1 Å². The lowest BCUT2D eigenvalue weighted by molar-refractivity contribution is 0.0926. The van der Waals surface area contributed by atoms with Crippen molar-refractivity contribution in [2.45, 2.75) is 20.8 Å². The average molecular weight is 413 g/mol. The van der Waals surface area contributed by atoms with E-state index in [-0.39, 0.29) is 11.6 Å². The third kappa shape index (κ3) is 4.11. The first-order valence-electron chi connectivity index (χ1n) is 9.80. The van der Waals surface area contributed by atoms with Crippen molar-refractivity contribution in [2.24, 2.45) is 0 Å². The monoisotopic (exact) mass is 412 g/mol. The Bertz CT molecular complexity index is 1020. The minimum atomic E-state index is -0.219. The molecule has 29 heavy (non-hydrogen) atoms. The summed E-state index contributed by atoms with van der Waals surface area (Å²) in [6, 6.07) is 8.58. The Morgan fingerprint density at radius 3 is 2.41 bits per heavy atom. The van der Waals surface area contributed by atoms with E-state index in [1.165, 1.54) is 12.1 Å². The number of hydrogen-bond donors (Lipinski definition) is 0. The smallest absolute Gasteiger partial charge is 0.194 e. The van der Waals surface area contributed by atoms with Crippen molar-refractivity contribution in [3.63, 3.8) is 0 Å². The Hall–Kier alpha value is -2.51. The molecule has 1 aromatic carbocycles. The third-order valence-electron chi connectivity index (χ3n) is 5.46. The number of ketones is 1. The molecule has 152 valence electrons. The zero-order valence-corrected chi connectivity index (χ0v) is 17.8. The van der Waals surface area contributed by atoms with E-state index in [4.69, 9.17) is 0 Å². The van der Waals surface area contributed by atoms with E-state index in [1.807, 2.05) is 44.4 Å². The molecule has 1 aliphatic rings. The molecular weight excluding hydrogens is 387 g/mol. The maximum absolute atomic E-state index is 13.1. The van der Waals surface area contributed by atoms with Crippen LogP contribution in [0.1, 0.15) is 27.4 Å². The quantitative estimate of drug-likeness (QED) is 0.594. The fraction of sp³-hybridized carbons (Fsp3) is 0.364. The molecule has 0 atom stereocenters. The number of halogens is 1. The number of nitrogens with zero attached hydrogens (tertiary/aromatic N) is 4. The maximum atomic E-state index is 13.1. The van der Waals surface area contributed by atoms with Crippen LogP contribution in [0, 0.1) is 26.6 Å². The van der Waals surface area contributed by atoms with Gasteiger partial charge in [-0.2, -0.15) is 0 Å². The topological polar surface area (TPSA) is 41.4 Å². The minimum Gasteiger partial charge on any atom is -0.369 e. The van der Waals surface area contributed by atoms with Gasteiger partial charge in [-0.15, -0.1) is 11.3 Å². The average Bonchev–Trinajstić information content (AvgIpc) is 3.25. The fourth-order valence-corrected chi connectivity index (χ4v) is 4.80. The van der Waals surface area contributed by atoms with Crippen LogP contribution in [-0.4, -0.2) is 53.0 Å². The molecule has 2 aromatic heterocycles. The van der Waals surface area contributed by atoms with Gasteiger partial charge in [0.15, 0.2) is 10.9 Å². The molecule has 3 aromatic rings. The number of aromatic nitrogens is 2. The second-order valence-electron chi connectivity index (χ2n) is 7.55. The van der Waals surface area contributed by atoms with Crippen LogP contribution in [0.5, 0.6) is 0 Å². The number of carbonyl (C=O) groups is 1. The Kier molecular flexibility index (Phi) is 5.52. The molecule has 0 saturated carbocycles. The van der Waals surface area contributed by atoms with Crippen molar-refractivity contribution in [2.75, 3.05) is 37.6 Å². The molecule has 0 amide bonds. The lowest BCUT2D eigenvalue weighted by atomic mass is 10.1. The second-order valence-corrected chi connectivity index (χ2v) is 8.39. The summed E-state index contributed by atoms with van der Waals surface area (Å²) in [4.78, 5) is 22.0. The van der Waals surface area contributed by atoms with Gasteiger partial charge in [0.25, 0.3) is 0 Å². The van der Waals surface area contributed by atoms with Crippen molar-refractivity contribution in [1.82, 2.24) is 14.5 Å². The molecule has 0 spiro atoms. The fourth-order valence-electron chi connectivity index (χ4n) is 3.89. The van der Waals surface area contributed by atoms with E-state index in [0.717, 1.165) is 59.6 Å². The number of benzene rings is 1. The molecule has 0 N–H and O–H groups in total. The summed E-state index contributed by atoms with van der Waals surface area (Å²) in [6.07, 6.45) is 0. The molecule has 0 aliphatic carbocycles. The van der Waals surface area contributed by atoms with Crippen LogP contribution in [-0.2, 0) is 0 Å². The Morgan fingerprint density at radius 2 is 1.79 bits per heavy atom. The first-order chi connectivity index (χ1) is 13.9. The van der Waals surface area contributed by atoms with E-state index in [1.54, 1.807) is 11.3 Å². The number of hydrogen-bond acceptors (Lipinski definition) is 5. The molecule has 7 heteroatoms. The van der Waals surface area contributed by atoms with Crippen LogP contribution in [0.2, 0.25) is 0 Å². The van der Waals surface area contributed by atoms with Crippen LogP contribution in [0.25, 0.3) is 5.13 Å². The summed E-state index contributed by atoms with van der Waals surface area (Å²) in [5.74, 6) is -0.0728. The Labute approximate surface area is 174 Å². The lowest BCUT2D eigenvalue weighted by Gasteiger charge is -2.35. The standard InChI is InChI=1S/C22H25FN4OS/c1-15-14-29-22(24-15)27-16(2)12-20(17(27)3)21(28)13-25-8-10-26(11-9-25)19-6-4-18(23)5-7-19/h4-7,12,14H,8-11,13H2,1-3H3. The van der Waals surface area contributed by atoms with E-state index < -0.39 is 0 Å². The number of anilines is 1. The van der Waals surface area contributed by atoms with Gasteiger partial charge in [0.2, 0.25) is 0 Å². The lowest BCUT2D eigenvalue weighted by Crippen LogP contribution is -2.48. The van der Waals surface area contributed by atoms with Crippen molar-refractivity contribution in [3.8, 4) is 5.13 Å². The summed E-state index contributed by atoms with van der Waals surface area (Å²) in [7, 11) is 0. The van der Waals surface area contributed by atoms with Crippen LogP contribution in [0.4, 0.5) is 10.1 Å². The number of Topliss-reactive ketones (excluding diaryl/α,β-unsaturated/α-hetero) is 1. The molecular formula is C22H25FN4OS. The van der Waals surface area contributed by atoms with Gasteiger partial charge in [-0.3, -0.25) is 14.3 Å². The molecule has 3 heterocycles.